The summed E-state index contributed by atoms with van der Waals surface area (Å²) in [5, 5.41) is -0.592. The van der Waals surface area contributed by atoms with E-state index in [0.29, 0.717) is 11.3 Å². The first-order chi connectivity index (χ1) is 15.9. The number of hydrogen-bond acceptors (Lipinski definition) is 8. The Hall–Kier alpha value is -3.14. The second kappa shape index (κ2) is 9.38. The van der Waals surface area contributed by atoms with Gasteiger partial charge in [0.05, 0.1) is 0 Å². The molecule has 8 nitrogen and oxygen atoms in total. The lowest BCUT2D eigenvalue weighted by atomic mass is 9.99. The van der Waals surface area contributed by atoms with Crippen molar-refractivity contribution >= 4 is 29.6 Å². The van der Waals surface area contributed by atoms with E-state index in [1.165, 1.54) is 30.7 Å². The van der Waals surface area contributed by atoms with Crippen molar-refractivity contribution in [1.29, 1.82) is 0 Å². The summed E-state index contributed by atoms with van der Waals surface area (Å²) < 4.78 is 16.4. The highest BCUT2D eigenvalue weighted by Crippen LogP contribution is 2.46. The highest BCUT2D eigenvalue weighted by molar-refractivity contribution is 8.00. The van der Waals surface area contributed by atoms with E-state index in [4.69, 9.17) is 19.9 Å². The molecule has 2 aromatic rings. The first-order valence-electron chi connectivity index (χ1n) is 10.3. The van der Waals surface area contributed by atoms with Crippen LogP contribution in [-0.4, -0.2) is 53.3 Å². The molecule has 0 radical (unpaired) electrons. The van der Waals surface area contributed by atoms with Crippen molar-refractivity contribution in [3.05, 3.63) is 83.1 Å². The van der Waals surface area contributed by atoms with Crippen molar-refractivity contribution in [2.24, 2.45) is 5.73 Å². The summed E-state index contributed by atoms with van der Waals surface area (Å²) in [6.45, 7) is 1.15. The number of amides is 1. The summed E-state index contributed by atoms with van der Waals surface area (Å²) in [5.41, 5.74) is 6.67. The van der Waals surface area contributed by atoms with Crippen LogP contribution in [0.15, 0.2) is 71.9 Å². The molecule has 9 heteroatoms. The number of ether oxygens (including phenoxy) is 3. The van der Waals surface area contributed by atoms with Gasteiger partial charge in [-0.2, -0.15) is 0 Å². The van der Waals surface area contributed by atoms with Gasteiger partial charge < -0.3 is 14.2 Å². The number of fused-ring (bicyclic) bond motifs is 1. The molecule has 0 aliphatic carbocycles. The van der Waals surface area contributed by atoms with Gasteiger partial charge in [0.25, 0.3) is 5.91 Å². The Kier molecular flexibility index (Phi) is 6.55. The third-order valence-corrected chi connectivity index (χ3v) is 6.95. The van der Waals surface area contributed by atoms with Crippen LogP contribution < -0.4 is 5.73 Å². The van der Waals surface area contributed by atoms with Gasteiger partial charge in [-0.1, -0.05) is 60.7 Å². The van der Waals surface area contributed by atoms with E-state index in [1.54, 1.807) is 0 Å². The van der Waals surface area contributed by atoms with Crippen LogP contribution in [0.5, 0.6) is 0 Å². The zero-order chi connectivity index (χ0) is 23.6. The van der Waals surface area contributed by atoms with Gasteiger partial charge in [-0.3, -0.25) is 20.2 Å². The van der Waals surface area contributed by atoms with Gasteiger partial charge in [0.1, 0.15) is 17.7 Å². The lowest BCUT2D eigenvalue weighted by Gasteiger charge is -2.54. The molecule has 0 spiro atoms. The summed E-state index contributed by atoms with van der Waals surface area (Å²) in [6.07, 6.45) is -0.697. The number of β-lactam (4-membered cyclic amide) rings is 1. The predicted molar refractivity (Wildman–Crippen MR) is 121 cm³/mol. The molecule has 2 heterocycles. The highest BCUT2D eigenvalue weighted by Gasteiger charge is 2.63. The number of nitrogens with zero attached hydrogens (tertiary/aromatic N) is 1. The average molecular weight is 469 g/mol. The molecule has 2 aliphatic rings. The van der Waals surface area contributed by atoms with Crippen molar-refractivity contribution in [3.63, 3.8) is 0 Å². The summed E-state index contributed by atoms with van der Waals surface area (Å²) in [6, 6.07) is 18.6. The Balaban J connectivity index is 1.70. The summed E-state index contributed by atoms with van der Waals surface area (Å²) in [4.78, 5) is 39.1. The summed E-state index contributed by atoms with van der Waals surface area (Å²) in [7, 11) is 1.35. The van der Waals surface area contributed by atoms with Crippen LogP contribution in [0.4, 0.5) is 0 Å². The molecule has 2 N–H and O–H groups in total. The number of thioether (sulfide) groups is 1. The standard InChI is InChI=1S/C24H24N2O6S/c1-15(27)31-13-18-14-33-23-24(25,30-2)22(29)26(23)19(18)21(28)32-20(16-9-5-3-6-10-16)17-11-7-4-8-12-17/h3-12,20,23H,13-14,25H2,1-2H3/t23-,24?/m1/s1. The monoisotopic (exact) mass is 468 g/mol. The highest BCUT2D eigenvalue weighted by atomic mass is 32.2. The minimum Gasteiger partial charge on any atom is -0.461 e. The minimum absolute atomic E-state index is 0.0417. The molecular weight excluding hydrogens is 444 g/mol. The molecule has 1 fully saturated rings. The maximum Gasteiger partial charge on any atom is 0.356 e. The zero-order valence-electron chi connectivity index (χ0n) is 18.2. The van der Waals surface area contributed by atoms with Gasteiger partial charge in [-0.15, -0.1) is 11.8 Å². The molecule has 1 unspecified atom stereocenters. The molecule has 2 aliphatic heterocycles. The van der Waals surface area contributed by atoms with Crippen molar-refractivity contribution in [3.8, 4) is 0 Å². The van der Waals surface area contributed by atoms with E-state index in [1.807, 2.05) is 60.7 Å². The summed E-state index contributed by atoms with van der Waals surface area (Å²) >= 11 is 1.34. The molecule has 0 aromatic heterocycles. The van der Waals surface area contributed by atoms with Crippen molar-refractivity contribution in [2.75, 3.05) is 19.5 Å². The van der Waals surface area contributed by atoms with Crippen LogP contribution >= 0.6 is 11.8 Å². The van der Waals surface area contributed by atoms with E-state index >= 15 is 0 Å². The molecule has 2 atom stereocenters. The topological polar surface area (TPSA) is 108 Å². The Morgan fingerprint density at radius 2 is 1.70 bits per heavy atom. The lowest BCUT2D eigenvalue weighted by Crippen LogP contribution is -2.78. The fourth-order valence-electron chi connectivity index (χ4n) is 3.84. The molecule has 1 amide bonds. The number of hydrogen-bond donors (Lipinski definition) is 1. The van der Waals surface area contributed by atoms with Gasteiger partial charge in [-0.25, -0.2) is 4.79 Å². The number of carbonyl (C=O) groups excluding carboxylic acids is 3. The van der Waals surface area contributed by atoms with E-state index in [-0.39, 0.29) is 12.3 Å². The average Bonchev–Trinajstić information content (AvgIpc) is 2.85. The van der Waals surface area contributed by atoms with E-state index in [0.717, 1.165) is 11.1 Å². The maximum absolute atomic E-state index is 13.5. The second-order valence-corrected chi connectivity index (χ2v) is 8.74. The van der Waals surface area contributed by atoms with Crippen LogP contribution in [0.25, 0.3) is 0 Å². The fourth-order valence-corrected chi connectivity index (χ4v) is 5.21. The Bertz CT molecular complexity index is 1050. The molecule has 0 saturated carbocycles. The number of esters is 2. The molecule has 4 rings (SSSR count). The maximum atomic E-state index is 13.5. The fraction of sp³-hybridized carbons (Fsp3) is 0.292. The van der Waals surface area contributed by atoms with Gasteiger partial charge in [0, 0.05) is 25.4 Å². The van der Waals surface area contributed by atoms with Crippen LogP contribution in [0.1, 0.15) is 24.2 Å². The van der Waals surface area contributed by atoms with E-state index < -0.39 is 35.0 Å². The molecule has 2 aromatic carbocycles. The number of rotatable bonds is 7. The first kappa shape index (κ1) is 23.0. The predicted octanol–water partition coefficient (Wildman–Crippen LogP) is 2.35. The Morgan fingerprint density at radius 3 is 2.21 bits per heavy atom. The normalized spacial score (nSPS) is 22.0. The van der Waals surface area contributed by atoms with E-state index in [2.05, 4.69) is 0 Å². The lowest BCUT2D eigenvalue weighted by molar-refractivity contribution is -0.184. The third-order valence-electron chi connectivity index (χ3n) is 5.56. The molecular formula is C24H24N2O6S. The second-order valence-electron chi connectivity index (χ2n) is 7.67. The largest absolute Gasteiger partial charge is 0.461 e. The number of nitrogens with two attached hydrogens (primary N) is 1. The SMILES string of the molecule is COC1(N)C(=O)N2C(C(=O)OC(c3ccccc3)c3ccccc3)=C(COC(C)=O)CS[C@@H]21. The van der Waals surface area contributed by atoms with Gasteiger partial charge in [0.2, 0.25) is 5.72 Å². The third kappa shape index (κ3) is 4.27. The van der Waals surface area contributed by atoms with Crippen LogP contribution in [-0.2, 0) is 28.6 Å². The van der Waals surface area contributed by atoms with Gasteiger partial charge in [0.15, 0.2) is 6.10 Å². The number of benzene rings is 2. The van der Waals surface area contributed by atoms with Crippen LogP contribution in [0.2, 0.25) is 0 Å². The quantitative estimate of drug-likeness (QED) is 0.375. The van der Waals surface area contributed by atoms with Crippen molar-refractivity contribution < 1.29 is 28.6 Å². The Labute approximate surface area is 195 Å². The molecule has 33 heavy (non-hydrogen) atoms. The van der Waals surface area contributed by atoms with Crippen molar-refractivity contribution in [1.82, 2.24) is 4.90 Å². The number of methoxy groups -OCH3 is 1. The van der Waals surface area contributed by atoms with Gasteiger partial charge >= 0.3 is 11.9 Å². The van der Waals surface area contributed by atoms with Gasteiger partial charge in [-0.05, 0) is 11.1 Å². The minimum atomic E-state index is -1.53. The zero-order valence-corrected chi connectivity index (χ0v) is 19.0. The first-order valence-corrected chi connectivity index (χ1v) is 11.4. The van der Waals surface area contributed by atoms with Crippen LogP contribution in [0.3, 0.4) is 0 Å². The molecule has 1 saturated heterocycles. The Morgan fingerprint density at radius 1 is 1.12 bits per heavy atom. The smallest absolute Gasteiger partial charge is 0.356 e. The molecule has 0 bridgehead atoms. The van der Waals surface area contributed by atoms with Crippen molar-refractivity contribution in [2.45, 2.75) is 24.1 Å². The number of carbonyl (C=O) groups is 3. The molecule has 172 valence electrons. The summed E-state index contributed by atoms with van der Waals surface area (Å²) in [5.74, 6) is -1.42. The van der Waals surface area contributed by atoms with E-state index in [9.17, 15) is 14.4 Å². The van der Waals surface area contributed by atoms with Crippen LogP contribution in [0, 0.1) is 0 Å².